The van der Waals surface area contributed by atoms with Crippen LogP contribution in [0.5, 0.6) is 0 Å². The number of nitrogens with zero attached hydrogens (tertiary/aromatic N) is 3. The van der Waals surface area contributed by atoms with Crippen molar-refractivity contribution in [2.24, 2.45) is 5.84 Å². The summed E-state index contributed by atoms with van der Waals surface area (Å²) < 4.78 is 0. The molecule has 0 saturated heterocycles. The van der Waals surface area contributed by atoms with Crippen LogP contribution in [0.4, 0.5) is 11.8 Å². The van der Waals surface area contributed by atoms with Crippen LogP contribution < -0.4 is 21.5 Å². The fourth-order valence-corrected chi connectivity index (χ4v) is 1.48. The molecule has 0 aliphatic rings. The lowest BCUT2D eigenvalue weighted by Gasteiger charge is -2.19. The Labute approximate surface area is 107 Å². The Bertz CT molecular complexity index is 420. The van der Waals surface area contributed by atoms with Crippen molar-refractivity contribution in [1.82, 2.24) is 15.3 Å². The summed E-state index contributed by atoms with van der Waals surface area (Å²) in [5.74, 6) is 6.21. The van der Waals surface area contributed by atoms with Gasteiger partial charge < -0.3 is 10.2 Å². The average Bonchev–Trinajstić information content (AvgIpc) is 2.26. The summed E-state index contributed by atoms with van der Waals surface area (Å²) in [7, 11) is 1.79. The van der Waals surface area contributed by atoms with E-state index in [0.717, 1.165) is 5.69 Å². The number of nitrogens with two attached hydrogens (primary N) is 1. The van der Waals surface area contributed by atoms with Gasteiger partial charge in [0.2, 0.25) is 11.9 Å². The maximum atomic E-state index is 11.6. The van der Waals surface area contributed by atoms with Crippen LogP contribution in [0.25, 0.3) is 0 Å². The first-order chi connectivity index (χ1) is 8.42. The van der Waals surface area contributed by atoms with E-state index in [-0.39, 0.29) is 18.5 Å². The summed E-state index contributed by atoms with van der Waals surface area (Å²) in [6, 6.07) is 1.92. The van der Waals surface area contributed by atoms with Crippen LogP contribution in [0.1, 0.15) is 19.5 Å². The zero-order valence-electron chi connectivity index (χ0n) is 11.2. The van der Waals surface area contributed by atoms with Crippen LogP contribution in [0.3, 0.4) is 0 Å². The minimum atomic E-state index is -0.0500. The van der Waals surface area contributed by atoms with Crippen molar-refractivity contribution in [3.8, 4) is 0 Å². The number of amides is 1. The third-order valence-corrected chi connectivity index (χ3v) is 2.19. The number of anilines is 2. The molecule has 4 N–H and O–H groups in total. The van der Waals surface area contributed by atoms with Crippen molar-refractivity contribution in [2.75, 3.05) is 23.9 Å². The van der Waals surface area contributed by atoms with E-state index in [2.05, 4.69) is 20.7 Å². The van der Waals surface area contributed by atoms with Gasteiger partial charge in [0.1, 0.15) is 5.82 Å². The topological polar surface area (TPSA) is 96.2 Å². The van der Waals surface area contributed by atoms with Crippen molar-refractivity contribution in [3.05, 3.63) is 11.8 Å². The quantitative estimate of drug-likeness (QED) is 0.505. The molecule has 7 heteroatoms. The number of nitrogens with one attached hydrogen (secondary N) is 2. The Morgan fingerprint density at radius 3 is 2.72 bits per heavy atom. The number of aromatic nitrogens is 2. The van der Waals surface area contributed by atoms with Gasteiger partial charge in [-0.15, -0.1) is 0 Å². The standard InChI is InChI=1S/C11H20N6O/c1-7(2)13-10(18)6-17(4)9-5-8(3)14-11(15-9)16-12/h5,7H,6,12H2,1-4H3,(H,13,18)(H,14,15,16). The second kappa shape index (κ2) is 6.15. The molecule has 0 aliphatic heterocycles. The van der Waals surface area contributed by atoms with E-state index in [0.29, 0.717) is 11.8 Å². The summed E-state index contributed by atoms with van der Waals surface area (Å²) in [4.78, 5) is 21.7. The van der Waals surface area contributed by atoms with Crippen LogP contribution in [0, 0.1) is 6.92 Å². The average molecular weight is 252 g/mol. The van der Waals surface area contributed by atoms with E-state index in [1.165, 1.54) is 0 Å². The molecule has 0 spiro atoms. The summed E-state index contributed by atoms with van der Waals surface area (Å²) in [5.41, 5.74) is 3.18. The molecule has 100 valence electrons. The van der Waals surface area contributed by atoms with Gasteiger partial charge in [0, 0.05) is 24.8 Å². The van der Waals surface area contributed by atoms with Gasteiger partial charge in [0.25, 0.3) is 0 Å². The molecule has 7 nitrogen and oxygen atoms in total. The van der Waals surface area contributed by atoms with Gasteiger partial charge in [-0.05, 0) is 20.8 Å². The predicted octanol–water partition coefficient (Wildman–Crippen LogP) is 0.0314. The van der Waals surface area contributed by atoms with Gasteiger partial charge in [-0.3, -0.25) is 10.2 Å². The summed E-state index contributed by atoms with van der Waals surface area (Å²) >= 11 is 0. The van der Waals surface area contributed by atoms with Crippen molar-refractivity contribution < 1.29 is 4.79 Å². The molecule has 0 aliphatic carbocycles. The van der Waals surface area contributed by atoms with Gasteiger partial charge in [-0.1, -0.05) is 0 Å². The third kappa shape index (κ3) is 4.17. The highest BCUT2D eigenvalue weighted by molar-refractivity contribution is 5.81. The summed E-state index contributed by atoms with van der Waals surface area (Å²) in [5, 5.41) is 2.82. The van der Waals surface area contributed by atoms with E-state index in [1.807, 2.05) is 20.8 Å². The number of hydrogen-bond donors (Lipinski definition) is 3. The zero-order valence-corrected chi connectivity index (χ0v) is 11.2. The van der Waals surface area contributed by atoms with E-state index in [9.17, 15) is 4.79 Å². The normalized spacial score (nSPS) is 10.3. The number of hydrogen-bond acceptors (Lipinski definition) is 6. The van der Waals surface area contributed by atoms with Crippen molar-refractivity contribution >= 4 is 17.7 Å². The van der Waals surface area contributed by atoms with Gasteiger partial charge in [-0.25, -0.2) is 10.8 Å². The van der Waals surface area contributed by atoms with E-state index >= 15 is 0 Å². The van der Waals surface area contributed by atoms with Crippen molar-refractivity contribution in [1.29, 1.82) is 0 Å². The molecule has 0 atom stereocenters. The van der Waals surface area contributed by atoms with Gasteiger partial charge in [-0.2, -0.15) is 4.98 Å². The number of rotatable bonds is 5. The number of likely N-dealkylation sites (N-methyl/N-ethyl adjacent to an activating group) is 1. The highest BCUT2D eigenvalue weighted by atomic mass is 16.2. The first-order valence-electron chi connectivity index (χ1n) is 5.75. The highest BCUT2D eigenvalue weighted by Crippen LogP contribution is 2.12. The molecular formula is C11H20N6O. The Balaban J connectivity index is 2.74. The predicted molar refractivity (Wildman–Crippen MR) is 71.1 cm³/mol. The molecule has 0 radical (unpaired) electrons. The van der Waals surface area contributed by atoms with Crippen molar-refractivity contribution in [2.45, 2.75) is 26.8 Å². The molecule has 0 fully saturated rings. The zero-order chi connectivity index (χ0) is 13.7. The lowest BCUT2D eigenvalue weighted by molar-refractivity contribution is -0.120. The molecule has 0 aromatic carbocycles. The minimum absolute atomic E-state index is 0.0500. The van der Waals surface area contributed by atoms with Crippen LogP contribution >= 0.6 is 0 Å². The van der Waals surface area contributed by atoms with E-state index in [4.69, 9.17) is 5.84 Å². The molecule has 18 heavy (non-hydrogen) atoms. The minimum Gasteiger partial charge on any atom is -0.352 e. The number of hydrazine groups is 1. The van der Waals surface area contributed by atoms with Gasteiger partial charge in [0.05, 0.1) is 6.54 Å². The van der Waals surface area contributed by atoms with E-state index < -0.39 is 0 Å². The Morgan fingerprint density at radius 1 is 1.50 bits per heavy atom. The maximum absolute atomic E-state index is 11.6. The molecule has 0 saturated carbocycles. The second-order valence-electron chi connectivity index (χ2n) is 4.41. The highest BCUT2D eigenvalue weighted by Gasteiger charge is 2.11. The molecule has 1 rings (SSSR count). The van der Waals surface area contributed by atoms with Gasteiger partial charge in [0.15, 0.2) is 0 Å². The van der Waals surface area contributed by atoms with Crippen LogP contribution in [-0.2, 0) is 4.79 Å². The van der Waals surface area contributed by atoms with Crippen LogP contribution in [-0.4, -0.2) is 35.5 Å². The lowest BCUT2D eigenvalue weighted by Crippen LogP contribution is -2.39. The fourth-order valence-electron chi connectivity index (χ4n) is 1.48. The fraction of sp³-hybridized carbons (Fsp3) is 0.545. The lowest BCUT2D eigenvalue weighted by atomic mass is 10.3. The van der Waals surface area contributed by atoms with Crippen LogP contribution in [0.15, 0.2) is 6.07 Å². The molecule has 0 unspecified atom stereocenters. The number of nitrogen functional groups attached to an aromatic ring is 1. The molecular weight excluding hydrogens is 232 g/mol. The summed E-state index contributed by atoms with van der Waals surface area (Å²) in [6.07, 6.45) is 0. The molecule has 1 aromatic heterocycles. The number of carbonyl (C=O) groups is 1. The Morgan fingerprint density at radius 2 is 2.17 bits per heavy atom. The smallest absolute Gasteiger partial charge is 0.239 e. The second-order valence-corrected chi connectivity index (χ2v) is 4.41. The Kier molecular flexibility index (Phi) is 4.85. The molecule has 1 heterocycles. The Hall–Kier alpha value is -1.89. The third-order valence-electron chi connectivity index (χ3n) is 2.19. The monoisotopic (exact) mass is 252 g/mol. The maximum Gasteiger partial charge on any atom is 0.239 e. The number of carbonyl (C=O) groups excluding carboxylic acids is 1. The summed E-state index contributed by atoms with van der Waals surface area (Å²) in [6.45, 7) is 5.92. The number of aryl methyl sites for hydroxylation is 1. The van der Waals surface area contributed by atoms with E-state index in [1.54, 1.807) is 18.0 Å². The first kappa shape index (κ1) is 14.2. The molecule has 1 aromatic rings. The van der Waals surface area contributed by atoms with Crippen molar-refractivity contribution in [3.63, 3.8) is 0 Å². The molecule has 0 bridgehead atoms. The SMILES string of the molecule is Cc1cc(N(C)CC(=O)NC(C)C)nc(NN)n1. The molecule has 1 amide bonds. The largest absolute Gasteiger partial charge is 0.352 e. The van der Waals surface area contributed by atoms with Gasteiger partial charge >= 0.3 is 0 Å². The first-order valence-corrected chi connectivity index (χ1v) is 5.75. The van der Waals surface area contributed by atoms with Crippen LogP contribution in [0.2, 0.25) is 0 Å².